The second kappa shape index (κ2) is 5.45. The highest BCUT2D eigenvalue weighted by atomic mass is 16.3. The van der Waals surface area contributed by atoms with Gasteiger partial charge in [0.15, 0.2) is 0 Å². The number of amides is 1. The molecule has 0 aliphatic heterocycles. The number of benzene rings is 1. The molecule has 1 atom stereocenters. The Hall–Kier alpha value is -1.43. The lowest BCUT2D eigenvalue weighted by Gasteiger charge is -2.12. The van der Waals surface area contributed by atoms with E-state index in [0.717, 1.165) is 5.56 Å². The summed E-state index contributed by atoms with van der Waals surface area (Å²) in [6.07, 6.45) is 0. The van der Waals surface area contributed by atoms with Gasteiger partial charge in [0.1, 0.15) is 6.04 Å². The van der Waals surface area contributed by atoms with Crippen LogP contribution in [0.15, 0.2) is 24.3 Å². The van der Waals surface area contributed by atoms with Gasteiger partial charge in [0.2, 0.25) is 5.91 Å². The molecule has 0 fully saturated rings. The Balaban J connectivity index is 2.76. The van der Waals surface area contributed by atoms with Crippen LogP contribution >= 0.6 is 0 Å². The van der Waals surface area contributed by atoms with Crippen molar-refractivity contribution in [1.82, 2.24) is 0 Å². The molecule has 0 heterocycles. The van der Waals surface area contributed by atoms with Crippen molar-refractivity contribution in [3.05, 3.63) is 29.8 Å². The molecule has 5 nitrogen and oxygen atoms in total. The zero-order valence-corrected chi connectivity index (χ0v) is 8.31. The predicted octanol–water partition coefficient (Wildman–Crippen LogP) is -0.597. The second-order valence-electron chi connectivity index (χ2n) is 3.14. The molecular formula is C10H15N3O2. The van der Waals surface area contributed by atoms with Crippen LogP contribution in [0.2, 0.25) is 0 Å². The summed E-state index contributed by atoms with van der Waals surface area (Å²) in [5.74, 6) is -0.418. The maximum absolute atomic E-state index is 11.4. The first kappa shape index (κ1) is 11.6. The number of hydrogen-bond donors (Lipinski definition) is 4. The maximum atomic E-state index is 11.4. The Morgan fingerprint density at radius 3 is 2.73 bits per heavy atom. The fourth-order valence-electron chi connectivity index (χ4n) is 1.13. The van der Waals surface area contributed by atoms with Gasteiger partial charge in [0, 0.05) is 12.2 Å². The van der Waals surface area contributed by atoms with Crippen LogP contribution < -0.4 is 16.8 Å². The van der Waals surface area contributed by atoms with E-state index in [4.69, 9.17) is 16.6 Å². The molecule has 0 aliphatic rings. The molecule has 1 rings (SSSR count). The van der Waals surface area contributed by atoms with E-state index in [1.807, 2.05) is 12.1 Å². The van der Waals surface area contributed by atoms with Gasteiger partial charge in [-0.25, -0.2) is 0 Å². The van der Waals surface area contributed by atoms with Gasteiger partial charge in [-0.3, -0.25) is 4.79 Å². The summed E-state index contributed by atoms with van der Waals surface area (Å²) >= 11 is 0. The van der Waals surface area contributed by atoms with Gasteiger partial charge in [-0.05, 0) is 11.6 Å². The number of nitrogens with two attached hydrogens (primary N) is 2. The molecule has 0 saturated carbocycles. The van der Waals surface area contributed by atoms with E-state index in [-0.39, 0.29) is 6.61 Å². The number of carbonyl (C=O) groups excluding carboxylic acids is 1. The van der Waals surface area contributed by atoms with Crippen LogP contribution in [0.3, 0.4) is 0 Å². The summed E-state index contributed by atoms with van der Waals surface area (Å²) < 4.78 is 0. The smallest absolute Gasteiger partial charge is 0.243 e. The monoisotopic (exact) mass is 209 g/mol. The Morgan fingerprint density at radius 2 is 2.13 bits per heavy atom. The first-order valence-electron chi connectivity index (χ1n) is 4.64. The van der Waals surface area contributed by atoms with Crippen LogP contribution in [0, 0.1) is 0 Å². The quantitative estimate of drug-likeness (QED) is 0.532. The SMILES string of the molecule is NCc1ccccc1NC(=O)C(N)CO. The van der Waals surface area contributed by atoms with Gasteiger partial charge in [0.25, 0.3) is 0 Å². The molecule has 15 heavy (non-hydrogen) atoms. The lowest BCUT2D eigenvalue weighted by molar-refractivity contribution is -0.118. The zero-order valence-electron chi connectivity index (χ0n) is 8.31. The average molecular weight is 209 g/mol. The van der Waals surface area contributed by atoms with Crippen molar-refractivity contribution in [2.24, 2.45) is 11.5 Å². The van der Waals surface area contributed by atoms with E-state index >= 15 is 0 Å². The number of para-hydroxylation sites is 1. The maximum Gasteiger partial charge on any atom is 0.243 e. The standard InChI is InChI=1S/C10H15N3O2/c11-5-7-3-1-2-4-9(7)13-10(15)8(12)6-14/h1-4,8,14H,5-6,11-12H2,(H,13,15). The average Bonchev–Trinajstić information content (AvgIpc) is 2.28. The summed E-state index contributed by atoms with van der Waals surface area (Å²) in [5.41, 5.74) is 12.3. The van der Waals surface area contributed by atoms with Crippen molar-refractivity contribution < 1.29 is 9.90 Å². The second-order valence-corrected chi connectivity index (χ2v) is 3.14. The van der Waals surface area contributed by atoms with Crippen molar-refractivity contribution >= 4 is 11.6 Å². The van der Waals surface area contributed by atoms with Crippen LogP contribution in [-0.2, 0) is 11.3 Å². The minimum absolute atomic E-state index is 0.338. The highest BCUT2D eigenvalue weighted by molar-refractivity contribution is 5.95. The number of anilines is 1. The molecule has 0 aliphatic carbocycles. The van der Waals surface area contributed by atoms with Crippen LogP contribution in [-0.4, -0.2) is 23.7 Å². The van der Waals surface area contributed by atoms with Gasteiger partial charge < -0.3 is 21.9 Å². The normalized spacial score (nSPS) is 12.2. The third kappa shape index (κ3) is 3.02. The van der Waals surface area contributed by atoms with Crippen molar-refractivity contribution in [2.75, 3.05) is 11.9 Å². The van der Waals surface area contributed by atoms with E-state index in [1.54, 1.807) is 12.1 Å². The number of aliphatic hydroxyl groups excluding tert-OH is 1. The summed E-state index contributed by atoms with van der Waals surface area (Å²) in [6, 6.07) is 6.28. The van der Waals surface area contributed by atoms with Gasteiger partial charge >= 0.3 is 0 Å². The summed E-state index contributed by atoms with van der Waals surface area (Å²) in [4.78, 5) is 11.4. The number of hydrogen-bond acceptors (Lipinski definition) is 4. The fraction of sp³-hybridized carbons (Fsp3) is 0.300. The highest BCUT2D eigenvalue weighted by Crippen LogP contribution is 2.13. The first-order valence-corrected chi connectivity index (χ1v) is 4.64. The van der Waals surface area contributed by atoms with Crippen molar-refractivity contribution in [2.45, 2.75) is 12.6 Å². The molecule has 5 heteroatoms. The van der Waals surface area contributed by atoms with E-state index in [9.17, 15) is 4.79 Å². The first-order chi connectivity index (χ1) is 7.19. The van der Waals surface area contributed by atoms with Crippen LogP contribution in [0.1, 0.15) is 5.56 Å². The topological polar surface area (TPSA) is 101 Å². The summed E-state index contributed by atoms with van der Waals surface area (Å²) in [7, 11) is 0. The Labute approximate surface area is 88.1 Å². The molecule has 0 spiro atoms. The predicted molar refractivity (Wildman–Crippen MR) is 58.0 cm³/mol. The van der Waals surface area contributed by atoms with Gasteiger partial charge in [-0.1, -0.05) is 18.2 Å². The highest BCUT2D eigenvalue weighted by Gasteiger charge is 2.12. The minimum atomic E-state index is -0.907. The molecule has 1 amide bonds. The number of nitrogens with one attached hydrogen (secondary N) is 1. The van der Waals surface area contributed by atoms with E-state index in [2.05, 4.69) is 5.32 Å². The zero-order chi connectivity index (χ0) is 11.3. The van der Waals surface area contributed by atoms with Gasteiger partial charge in [0.05, 0.1) is 6.61 Å². The Kier molecular flexibility index (Phi) is 4.23. The van der Waals surface area contributed by atoms with E-state index < -0.39 is 11.9 Å². The Bertz CT molecular complexity index is 341. The van der Waals surface area contributed by atoms with Crippen molar-refractivity contribution in [1.29, 1.82) is 0 Å². The third-order valence-corrected chi connectivity index (χ3v) is 2.03. The molecule has 6 N–H and O–H groups in total. The molecule has 1 aromatic carbocycles. The number of rotatable bonds is 4. The molecule has 0 aromatic heterocycles. The molecule has 1 aromatic rings. The van der Waals surface area contributed by atoms with Crippen molar-refractivity contribution in [3.8, 4) is 0 Å². The van der Waals surface area contributed by atoms with E-state index in [0.29, 0.717) is 12.2 Å². The fourth-order valence-corrected chi connectivity index (χ4v) is 1.13. The molecule has 0 bridgehead atoms. The van der Waals surface area contributed by atoms with E-state index in [1.165, 1.54) is 0 Å². The molecular weight excluding hydrogens is 194 g/mol. The van der Waals surface area contributed by atoms with Crippen molar-refractivity contribution in [3.63, 3.8) is 0 Å². The summed E-state index contributed by atoms with van der Waals surface area (Å²) in [5, 5.41) is 11.3. The lowest BCUT2D eigenvalue weighted by Crippen LogP contribution is -2.38. The van der Waals surface area contributed by atoms with Crippen LogP contribution in [0.4, 0.5) is 5.69 Å². The van der Waals surface area contributed by atoms with Gasteiger partial charge in [-0.15, -0.1) is 0 Å². The van der Waals surface area contributed by atoms with Gasteiger partial charge in [-0.2, -0.15) is 0 Å². The largest absolute Gasteiger partial charge is 0.394 e. The van der Waals surface area contributed by atoms with Crippen LogP contribution in [0.25, 0.3) is 0 Å². The summed E-state index contributed by atoms with van der Waals surface area (Å²) in [6.45, 7) is -0.0402. The Morgan fingerprint density at radius 1 is 1.47 bits per heavy atom. The third-order valence-electron chi connectivity index (χ3n) is 2.03. The number of aliphatic hydroxyl groups is 1. The molecule has 82 valence electrons. The van der Waals surface area contributed by atoms with Crippen LogP contribution in [0.5, 0.6) is 0 Å². The lowest BCUT2D eigenvalue weighted by atomic mass is 10.1. The molecule has 0 radical (unpaired) electrons. The minimum Gasteiger partial charge on any atom is -0.394 e. The molecule has 1 unspecified atom stereocenters. The number of carbonyl (C=O) groups is 1. The molecule has 0 saturated heterocycles.